The first-order chi connectivity index (χ1) is 7.22. The number of nitrogens with zero attached hydrogens (tertiary/aromatic N) is 2. The van der Waals surface area contributed by atoms with Crippen LogP contribution in [0.3, 0.4) is 0 Å². The van der Waals surface area contributed by atoms with Crippen LogP contribution in [-0.4, -0.2) is 0 Å². The zero-order valence-electron chi connectivity index (χ0n) is 7.32. The first kappa shape index (κ1) is 10.4. The Morgan fingerprint density at radius 2 is 1.87 bits per heavy atom. The van der Waals surface area contributed by atoms with Crippen LogP contribution >= 0.6 is 38.6 Å². The van der Waals surface area contributed by atoms with Crippen LogP contribution in [0.15, 0.2) is 21.5 Å². The molecule has 0 bridgehead atoms. The van der Waals surface area contributed by atoms with Gasteiger partial charge in [-0.15, -0.1) is 22.7 Å². The van der Waals surface area contributed by atoms with E-state index in [0.717, 1.165) is 8.66 Å². The van der Waals surface area contributed by atoms with Gasteiger partial charge in [0.15, 0.2) is 0 Å². The monoisotopic (exact) mass is 294 g/mol. The van der Waals surface area contributed by atoms with Crippen molar-refractivity contribution in [1.29, 1.82) is 10.5 Å². The van der Waals surface area contributed by atoms with Gasteiger partial charge in [-0.1, -0.05) is 0 Å². The molecule has 2 nitrogen and oxygen atoms in total. The van der Waals surface area contributed by atoms with E-state index >= 15 is 0 Å². The Kier molecular flexibility index (Phi) is 2.88. The van der Waals surface area contributed by atoms with Crippen molar-refractivity contribution >= 4 is 54.1 Å². The van der Waals surface area contributed by atoms with E-state index in [9.17, 15) is 0 Å². The van der Waals surface area contributed by atoms with Gasteiger partial charge in [0.25, 0.3) is 0 Å². The molecule has 0 spiro atoms. The first-order valence-electron chi connectivity index (χ1n) is 3.93. The van der Waals surface area contributed by atoms with Gasteiger partial charge >= 0.3 is 0 Å². The van der Waals surface area contributed by atoms with Crippen molar-refractivity contribution in [2.24, 2.45) is 0 Å². The lowest BCUT2D eigenvalue weighted by atomic mass is 10.3. The molecule has 0 unspecified atom stereocenters. The predicted octanol–water partition coefficient (Wildman–Crippen LogP) is 4.16. The minimum Gasteiger partial charge on any atom is -0.192 e. The first-order valence-corrected chi connectivity index (χ1v) is 6.36. The van der Waals surface area contributed by atoms with Crippen molar-refractivity contribution in [2.75, 3.05) is 0 Å². The molecule has 2 rings (SSSR count). The summed E-state index contributed by atoms with van der Waals surface area (Å²) in [4.78, 5) is 0.946. The van der Waals surface area contributed by atoms with Gasteiger partial charge < -0.3 is 0 Å². The van der Waals surface area contributed by atoms with Crippen LogP contribution in [0.5, 0.6) is 0 Å². The zero-order valence-corrected chi connectivity index (χ0v) is 10.5. The number of thiophene rings is 2. The Hall–Kier alpha value is -1.14. The number of halogens is 1. The summed E-state index contributed by atoms with van der Waals surface area (Å²) in [5.74, 6) is 0. The van der Waals surface area contributed by atoms with Gasteiger partial charge in [0.2, 0.25) is 0 Å². The maximum Gasteiger partial charge on any atom is 0.131 e. The molecule has 5 heteroatoms. The minimum atomic E-state index is 0.142. The topological polar surface area (TPSA) is 47.6 Å². The normalized spacial score (nSPS) is 9.53. The molecule has 2 aromatic heterocycles. The lowest BCUT2D eigenvalue weighted by Crippen LogP contribution is -1.68. The molecule has 0 aliphatic heterocycles. The van der Waals surface area contributed by atoms with E-state index in [1.165, 1.54) is 9.40 Å². The maximum absolute atomic E-state index is 8.62. The van der Waals surface area contributed by atoms with Gasteiger partial charge in [-0.25, -0.2) is 0 Å². The quantitative estimate of drug-likeness (QED) is 0.742. The van der Waals surface area contributed by atoms with Crippen molar-refractivity contribution in [3.05, 3.63) is 26.4 Å². The Morgan fingerprint density at radius 1 is 1.20 bits per heavy atom. The SMILES string of the molecule is N#CC(C#N)=Cc1cc2sc(Br)cc2s1. The summed E-state index contributed by atoms with van der Waals surface area (Å²) >= 11 is 6.64. The number of fused-ring (bicyclic) bond motifs is 1. The number of hydrogen-bond donors (Lipinski definition) is 0. The molecule has 15 heavy (non-hydrogen) atoms. The molecule has 0 saturated heterocycles. The molecule has 0 aromatic carbocycles. The molecule has 72 valence electrons. The molecular weight excluding hydrogens is 292 g/mol. The van der Waals surface area contributed by atoms with E-state index in [2.05, 4.69) is 15.9 Å². The molecule has 2 aromatic rings. The summed E-state index contributed by atoms with van der Waals surface area (Å²) in [6, 6.07) is 7.73. The maximum atomic E-state index is 8.62. The zero-order chi connectivity index (χ0) is 10.8. The van der Waals surface area contributed by atoms with Crippen LogP contribution in [0.4, 0.5) is 0 Å². The summed E-state index contributed by atoms with van der Waals surface area (Å²) in [5.41, 5.74) is 0.142. The Morgan fingerprint density at radius 3 is 2.47 bits per heavy atom. The van der Waals surface area contributed by atoms with E-state index in [1.807, 2.05) is 24.3 Å². The van der Waals surface area contributed by atoms with Crippen molar-refractivity contribution in [1.82, 2.24) is 0 Å². The van der Waals surface area contributed by atoms with E-state index in [0.29, 0.717) is 0 Å². The van der Waals surface area contributed by atoms with Crippen molar-refractivity contribution in [2.45, 2.75) is 0 Å². The highest BCUT2D eigenvalue weighted by atomic mass is 79.9. The van der Waals surface area contributed by atoms with Crippen LogP contribution in [0.2, 0.25) is 0 Å². The number of nitriles is 2. The lowest BCUT2D eigenvalue weighted by molar-refractivity contribution is 1.47. The molecule has 0 atom stereocenters. The molecule has 0 N–H and O–H groups in total. The number of hydrogen-bond acceptors (Lipinski definition) is 4. The summed E-state index contributed by atoms with van der Waals surface area (Å²) in [5, 5.41) is 17.2. The molecule has 0 aliphatic rings. The van der Waals surface area contributed by atoms with E-state index < -0.39 is 0 Å². The second-order valence-electron chi connectivity index (χ2n) is 2.71. The van der Waals surface area contributed by atoms with E-state index in [1.54, 1.807) is 28.7 Å². The highest BCUT2D eigenvalue weighted by Crippen LogP contribution is 2.36. The third-order valence-corrected chi connectivity index (χ3v) is 4.47. The average molecular weight is 295 g/mol. The van der Waals surface area contributed by atoms with Gasteiger partial charge in [0, 0.05) is 14.3 Å². The van der Waals surface area contributed by atoms with Crippen LogP contribution in [0.1, 0.15) is 4.88 Å². The Labute approximate surface area is 103 Å². The average Bonchev–Trinajstić information content (AvgIpc) is 2.70. The fourth-order valence-electron chi connectivity index (χ4n) is 1.13. The Bertz CT molecular complexity index is 574. The second kappa shape index (κ2) is 4.16. The van der Waals surface area contributed by atoms with Gasteiger partial charge in [-0.3, -0.25) is 0 Å². The van der Waals surface area contributed by atoms with Gasteiger partial charge in [0.1, 0.15) is 17.7 Å². The largest absolute Gasteiger partial charge is 0.192 e. The summed E-state index contributed by atoms with van der Waals surface area (Å²) in [6.07, 6.45) is 1.62. The summed E-state index contributed by atoms with van der Waals surface area (Å²) < 4.78 is 3.45. The summed E-state index contributed by atoms with van der Waals surface area (Å²) in [7, 11) is 0. The predicted molar refractivity (Wildman–Crippen MR) is 66.6 cm³/mol. The fourth-order valence-corrected chi connectivity index (χ4v) is 4.11. The van der Waals surface area contributed by atoms with Gasteiger partial charge in [-0.2, -0.15) is 10.5 Å². The molecule has 0 amide bonds. The molecular formula is C10H3BrN2S2. The van der Waals surface area contributed by atoms with Crippen molar-refractivity contribution in [3.8, 4) is 12.1 Å². The van der Waals surface area contributed by atoms with Gasteiger partial charge in [0.05, 0.1) is 3.79 Å². The van der Waals surface area contributed by atoms with Crippen LogP contribution < -0.4 is 0 Å². The highest BCUT2D eigenvalue weighted by Gasteiger charge is 2.04. The van der Waals surface area contributed by atoms with Crippen LogP contribution in [0, 0.1) is 22.7 Å². The third-order valence-electron chi connectivity index (χ3n) is 1.72. The molecule has 0 aliphatic carbocycles. The summed E-state index contributed by atoms with van der Waals surface area (Å²) in [6.45, 7) is 0. The van der Waals surface area contributed by atoms with Crippen molar-refractivity contribution < 1.29 is 0 Å². The van der Waals surface area contributed by atoms with Crippen LogP contribution in [-0.2, 0) is 0 Å². The van der Waals surface area contributed by atoms with Gasteiger partial charge in [-0.05, 0) is 34.1 Å². The standard InChI is InChI=1S/C10H3BrN2S2/c11-10-3-9-8(15-10)2-7(14-9)1-6(4-12)5-13/h1-3H. The van der Waals surface area contributed by atoms with E-state index in [4.69, 9.17) is 10.5 Å². The molecule has 2 heterocycles. The molecule has 0 saturated carbocycles. The van der Waals surface area contributed by atoms with Crippen LogP contribution in [0.25, 0.3) is 15.5 Å². The number of rotatable bonds is 1. The Balaban J connectivity index is 2.48. The molecule has 0 radical (unpaired) electrons. The number of allylic oxidation sites excluding steroid dienone is 1. The fraction of sp³-hybridized carbons (Fsp3) is 0. The minimum absolute atomic E-state index is 0.142. The van der Waals surface area contributed by atoms with Crippen molar-refractivity contribution in [3.63, 3.8) is 0 Å². The highest BCUT2D eigenvalue weighted by molar-refractivity contribution is 9.11. The third kappa shape index (κ3) is 2.10. The van der Waals surface area contributed by atoms with E-state index in [-0.39, 0.29) is 5.57 Å². The lowest BCUT2D eigenvalue weighted by Gasteiger charge is -1.81. The molecule has 0 fully saturated rings. The second-order valence-corrected chi connectivity index (χ2v) is 6.29. The smallest absolute Gasteiger partial charge is 0.131 e.